The van der Waals surface area contributed by atoms with E-state index in [2.05, 4.69) is 30.9 Å². The smallest absolute Gasteiger partial charge is 0.265 e. The second-order valence-electron chi connectivity index (χ2n) is 18.5. The lowest BCUT2D eigenvalue weighted by atomic mass is 9.61. The van der Waals surface area contributed by atoms with Crippen molar-refractivity contribution in [3.8, 4) is 23.3 Å². The Balaban J connectivity index is 0.665. The number of carbonyl (C=O) groups excluding carboxylic acids is 3. The predicted octanol–water partition coefficient (Wildman–Crippen LogP) is 6.62. The Labute approximate surface area is 388 Å². The van der Waals surface area contributed by atoms with Crippen LogP contribution >= 0.6 is 12.1 Å². The number of aromatic nitrogens is 2. The van der Waals surface area contributed by atoms with Gasteiger partial charge in [-0.3, -0.25) is 29.1 Å². The van der Waals surface area contributed by atoms with Crippen LogP contribution in [0, 0.1) is 22.6 Å². The minimum absolute atomic E-state index is 0.0587. The number of hydrogen-bond acceptors (Lipinski definition) is 13. The molecule has 4 saturated heterocycles. The van der Waals surface area contributed by atoms with E-state index in [9.17, 15) is 28.8 Å². The zero-order chi connectivity index (χ0) is 46.0. The van der Waals surface area contributed by atoms with Crippen molar-refractivity contribution in [2.45, 2.75) is 75.9 Å². The quantitative estimate of drug-likeness (QED) is 0.107. The minimum atomic E-state index is -0.916. The molecule has 3 amide bonds. The Bertz CT molecular complexity index is 2910. The standard InChI is InChI=1S/C49H47F2N9O6S/c50-30-13-18-58(25-30)67-55-42-10-8-40(51)45(39(42)23-52)66-35-6-9-41-38(20-35)48(64)60(28-53-41)32-3-1-31(2-4-32)56-16-14-34(15-17-56)65-36-21-49(22-36)26-57(27-49)33-5-7-37-29(19-33)24-59(47(37)63)43-11-12-44(61)54-46(43)62/h1-10,19-20,28,30,34,36,43,55H,11-18,21-22,24-27H2,(H,54,61,62). The van der Waals surface area contributed by atoms with Crippen molar-refractivity contribution in [3.63, 3.8) is 0 Å². The van der Waals surface area contributed by atoms with Gasteiger partial charge in [0.25, 0.3) is 11.5 Å². The van der Waals surface area contributed by atoms with E-state index in [4.69, 9.17) is 9.47 Å². The van der Waals surface area contributed by atoms with Crippen LogP contribution in [0.2, 0.25) is 0 Å². The summed E-state index contributed by atoms with van der Waals surface area (Å²) in [4.78, 5) is 61.9. The molecule has 0 bridgehead atoms. The summed E-state index contributed by atoms with van der Waals surface area (Å²) in [6.45, 7) is 4.76. The summed E-state index contributed by atoms with van der Waals surface area (Å²) < 4.78 is 47.6. The molecule has 5 aromatic rings. The molecular weight excluding hydrogens is 881 g/mol. The van der Waals surface area contributed by atoms with Crippen LogP contribution in [-0.4, -0.2) is 100 Å². The fourth-order valence-corrected chi connectivity index (χ4v) is 11.3. The van der Waals surface area contributed by atoms with E-state index in [1.165, 1.54) is 29.1 Å². The molecule has 4 aromatic carbocycles. The number of carbonyl (C=O) groups is 3. The number of benzene rings is 4. The highest BCUT2D eigenvalue weighted by atomic mass is 32.2. The van der Waals surface area contributed by atoms with Gasteiger partial charge in [0, 0.05) is 86.7 Å². The molecule has 2 N–H and O–H groups in total. The number of imide groups is 1. The molecule has 1 spiro atoms. The Morgan fingerprint density at radius 2 is 1.64 bits per heavy atom. The molecule has 5 fully saturated rings. The molecule has 1 aromatic heterocycles. The molecular formula is C49H47F2N9O6S. The molecule has 67 heavy (non-hydrogen) atoms. The lowest BCUT2D eigenvalue weighted by Gasteiger charge is -2.60. The van der Waals surface area contributed by atoms with Gasteiger partial charge in [-0.15, -0.1) is 0 Å². The Kier molecular flexibility index (Phi) is 11.1. The highest BCUT2D eigenvalue weighted by molar-refractivity contribution is 7.98. The summed E-state index contributed by atoms with van der Waals surface area (Å²) in [5.41, 5.74) is 4.93. The first-order valence-electron chi connectivity index (χ1n) is 22.8. The zero-order valence-electron chi connectivity index (χ0n) is 36.5. The molecule has 6 heterocycles. The van der Waals surface area contributed by atoms with Gasteiger partial charge in [0.05, 0.1) is 34.5 Å². The van der Waals surface area contributed by atoms with Crippen LogP contribution in [0.25, 0.3) is 16.6 Å². The van der Waals surface area contributed by atoms with Gasteiger partial charge in [-0.2, -0.15) is 5.26 Å². The van der Waals surface area contributed by atoms with Gasteiger partial charge in [-0.05, 0) is 117 Å². The number of hydrogen-bond donors (Lipinski definition) is 2. The van der Waals surface area contributed by atoms with Crippen molar-refractivity contribution in [1.82, 2.24) is 24.1 Å². The second kappa shape index (κ2) is 17.3. The lowest BCUT2D eigenvalue weighted by Crippen LogP contribution is -2.64. The Morgan fingerprint density at radius 3 is 2.39 bits per heavy atom. The number of nitrogens with zero attached hydrogens (tertiary/aromatic N) is 7. The van der Waals surface area contributed by atoms with Crippen molar-refractivity contribution in [2.75, 3.05) is 53.8 Å². The maximum Gasteiger partial charge on any atom is 0.265 e. The maximum absolute atomic E-state index is 15.1. The van der Waals surface area contributed by atoms with Gasteiger partial charge >= 0.3 is 0 Å². The topological polar surface area (TPSA) is 165 Å². The number of halogens is 2. The van der Waals surface area contributed by atoms with Crippen molar-refractivity contribution < 1.29 is 32.6 Å². The first kappa shape index (κ1) is 43.0. The van der Waals surface area contributed by atoms with E-state index in [1.807, 2.05) is 42.5 Å². The largest absolute Gasteiger partial charge is 0.453 e. The van der Waals surface area contributed by atoms with Crippen molar-refractivity contribution >= 4 is 57.8 Å². The van der Waals surface area contributed by atoms with Crippen LogP contribution in [-0.2, 0) is 20.9 Å². The molecule has 15 nitrogen and oxygen atoms in total. The molecule has 18 heteroatoms. The number of nitriles is 1. The monoisotopic (exact) mass is 927 g/mol. The average molecular weight is 928 g/mol. The number of piperidine rings is 2. The Morgan fingerprint density at radius 1 is 0.866 bits per heavy atom. The predicted molar refractivity (Wildman–Crippen MR) is 247 cm³/mol. The fraction of sp³-hybridized carbons (Fsp3) is 0.388. The maximum atomic E-state index is 15.1. The molecule has 5 aliphatic heterocycles. The van der Waals surface area contributed by atoms with Gasteiger partial charge in [-0.25, -0.2) is 18.1 Å². The van der Waals surface area contributed by atoms with E-state index in [1.54, 1.807) is 21.3 Å². The molecule has 2 atom stereocenters. The highest BCUT2D eigenvalue weighted by Crippen LogP contribution is 2.52. The van der Waals surface area contributed by atoms with E-state index in [0.29, 0.717) is 48.4 Å². The van der Waals surface area contributed by atoms with Gasteiger partial charge in [0.1, 0.15) is 35.9 Å². The van der Waals surface area contributed by atoms with E-state index in [0.717, 1.165) is 80.9 Å². The number of alkyl halides is 1. The molecule has 1 saturated carbocycles. The summed E-state index contributed by atoms with van der Waals surface area (Å²) in [7, 11) is 0. The van der Waals surface area contributed by atoms with Crippen molar-refractivity contribution in [3.05, 3.63) is 112 Å². The molecule has 1 aliphatic carbocycles. The highest BCUT2D eigenvalue weighted by Gasteiger charge is 2.53. The SMILES string of the molecule is N#Cc1c(NSN2CCC(F)C2)ccc(F)c1Oc1ccc2ncn(-c3ccc(N4CCC(OC5CC6(C5)CN(c5ccc7c(c5)CN(C5CCC(=O)NC5=O)C7=O)C6)CC4)cc3)c(=O)c2c1. The van der Waals surface area contributed by atoms with E-state index in [-0.39, 0.29) is 70.4 Å². The normalized spacial score (nSPS) is 21.9. The number of rotatable bonds is 11. The van der Waals surface area contributed by atoms with Crippen LogP contribution < -0.4 is 30.1 Å². The first-order valence-corrected chi connectivity index (χ1v) is 23.5. The fourth-order valence-electron chi connectivity index (χ4n) is 10.5. The Hall–Kier alpha value is -6.55. The number of nitrogens with one attached hydrogen (secondary N) is 2. The average Bonchev–Trinajstić information content (AvgIpc) is 3.88. The third-order valence-electron chi connectivity index (χ3n) is 14.1. The summed E-state index contributed by atoms with van der Waals surface area (Å²) in [6.07, 6.45) is 5.91. The van der Waals surface area contributed by atoms with Crippen LogP contribution in [0.15, 0.2) is 83.9 Å². The van der Waals surface area contributed by atoms with E-state index < -0.39 is 23.9 Å². The third-order valence-corrected chi connectivity index (χ3v) is 15.0. The second-order valence-corrected chi connectivity index (χ2v) is 19.4. The third kappa shape index (κ3) is 8.23. The summed E-state index contributed by atoms with van der Waals surface area (Å²) in [5.74, 6) is -1.72. The molecule has 6 aliphatic rings. The van der Waals surface area contributed by atoms with E-state index >= 15 is 4.39 Å². The van der Waals surface area contributed by atoms with Gasteiger partial charge in [0.15, 0.2) is 11.6 Å². The van der Waals surface area contributed by atoms with Crippen LogP contribution in [0.3, 0.4) is 0 Å². The van der Waals surface area contributed by atoms with Crippen molar-refractivity contribution in [1.29, 1.82) is 5.26 Å². The van der Waals surface area contributed by atoms with Gasteiger partial charge in [-0.1, -0.05) is 0 Å². The minimum Gasteiger partial charge on any atom is -0.453 e. The molecule has 344 valence electrons. The summed E-state index contributed by atoms with van der Waals surface area (Å²) in [6, 6.07) is 22.4. The van der Waals surface area contributed by atoms with Crippen molar-refractivity contribution in [2.24, 2.45) is 5.41 Å². The first-order chi connectivity index (χ1) is 32.5. The molecule has 11 rings (SSSR count). The summed E-state index contributed by atoms with van der Waals surface area (Å²) in [5, 5.41) is 12.6. The van der Waals surface area contributed by atoms with Gasteiger partial charge < -0.3 is 28.9 Å². The van der Waals surface area contributed by atoms with Crippen LogP contribution in [0.1, 0.15) is 66.4 Å². The molecule has 2 unspecified atom stereocenters. The van der Waals surface area contributed by atoms with Crippen LogP contribution in [0.5, 0.6) is 11.5 Å². The number of fused-ring (bicyclic) bond motifs is 2. The number of ether oxygens (including phenoxy) is 2. The zero-order valence-corrected chi connectivity index (χ0v) is 37.3. The lowest BCUT2D eigenvalue weighted by molar-refractivity contribution is -0.137. The summed E-state index contributed by atoms with van der Waals surface area (Å²) >= 11 is 1.15. The molecule has 0 radical (unpaired) electrons. The number of anilines is 3. The number of amides is 3. The van der Waals surface area contributed by atoms with Crippen LogP contribution in [0.4, 0.5) is 25.8 Å². The van der Waals surface area contributed by atoms with Gasteiger partial charge in [0.2, 0.25) is 11.8 Å².